The van der Waals surface area contributed by atoms with Crippen molar-refractivity contribution in [3.63, 3.8) is 0 Å². The van der Waals surface area contributed by atoms with E-state index < -0.39 is 8.40 Å². The van der Waals surface area contributed by atoms with E-state index in [1.165, 1.54) is 31.7 Å². The molecule has 0 aromatic carbocycles. The average Bonchev–Trinajstić information content (AvgIpc) is 3.03. The molecule has 0 radical (unpaired) electrons. The number of nitrogens with zero attached hydrogens (tertiary/aromatic N) is 2. The molecule has 0 spiro atoms. The molecular formula is C13H28N2OSi. The number of epoxide rings is 1. The van der Waals surface area contributed by atoms with Crippen LogP contribution < -0.4 is 0 Å². The fourth-order valence-electron chi connectivity index (χ4n) is 3.07. The van der Waals surface area contributed by atoms with Crippen LogP contribution in [0.4, 0.5) is 0 Å². The second-order valence-electron chi connectivity index (χ2n) is 6.44. The van der Waals surface area contributed by atoms with E-state index in [2.05, 4.69) is 43.9 Å². The monoisotopic (exact) mass is 256 g/mol. The fourth-order valence-corrected chi connectivity index (χ4v) is 5.72. The van der Waals surface area contributed by atoms with Crippen LogP contribution >= 0.6 is 0 Å². The maximum Gasteiger partial charge on any atom is 0.202 e. The summed E-state index contributed by atoms with van der Waals surface area (Å²) < 4.78 is 10.6. The van der Waals surface area contributed by atoms with Gasteiger partial charge in [0.05, 0.1) is 12.2 Å². The van der Waals surface area contributed by atoms with Gasteiger partial charge in [0.2, 0.25) is 8.40 Å². The zero-order valence-electron chi connectivity index (χ0n) is 12.1. The molecule has 3 atom stereocenters. The number of ether oxygens (including phenoxy) is 1. The van der Waals surface area contributed by atoms with Crippen LogP contribution in [0.5, 0.6) is 0 Å². The first-order valence-corrected chi connectivity index (χ1v) is 9.54. The van der Waals surface area contributed by atoms with E-state index >= 15 is 0 Å². The Bertz CT molecular complexity index is 262. The third-order valence-electron chi connectivity index (χ3n) is 5.07. The first-order valence-electron chi connectivity index (χ1n) is 6.94. The van der Waals surface area contributed by atoms with Gasteiger partial charge in [-0.05, 0) is 66.0 Å². The van der Waals surface area contributed by atoms with Gasteiger partial charge >= 0.3 is 0 Å². The molecule has 3 unspecified atom stereocenters. The van der Waals surface area contributed by atoms with E-state index in [0.29, 0.717) is 12.2 Å². The zero-order valence-corrected chi connectivity index (χ0v) is 13.1. The van der Waals surface area contributed by atoms with Crippen molar-refractivity contribution in [1.82, 2.24) is 9.13 Å². The fraction of sp³-hybridized carbons (Fsp3) is 1.00. The minimum atomic E-state index is -1.37. The lowest BCUT2D eigenvalue weighted by atomic mass is 9.88. The van der Waals surface area contributed by atoms with Crippen molar-refractivity contribution in [3.8, 4) is 0 Å². The van der Waals surface area contributed by atoms with Crippen molar-refractivity contribution in [2.45, 2.75) is 50.5 Å². The second-order valence-corrected chi connectivity index (χ2v) is 11.2. The Morgan fingerprint density at radius 2 is 1.71 bits per heavy atom. The van der Waals surface area contributed by atoms with E-state index in [0.717, 1.165) is 5.92 Å². The summed E-state index contributed by atoms with van der Waals surface area (Å²) in [4.78, 5) is 0. The molecule has 1 saturated heterocycles. The molecular weight excluding hydrogens is 228 g/mol. The maximum atomic E-state index is 5.63. The highest BCUT2D eigenvalue weighted by Gasteiger charge is 2.44. The van der Waals surface area contributed by atoms with Crippen molar-refractivity contribution in [1.29, 1.82) is 0 Å². The standard InChI is InChI=1S/C13H28N2OSi/c1-14(2)17(5,15(3)4)9-8-11-6-7-12-13(10-11)16-12/h11-13H,6-10H2,1-5H3. The largest absolute Gasteiger partial charge is 0.370 e. The SMILES string of the molecule is CN(C)[Si](C)(CCC1CCC2OC2C1)N(C)C. The molecule has 2 fully saturated rings. The molecule has 0 amide bonds. The molecule has 2 rings (SSSR count). The van der Waals surface area contributed by atoms with Crippen LogP contribution in [0.1, 0.15) is 25.7 Å². The molecule has 0 aromatic rings. The van der Waals surface area contributed by atoms with Crippen LogP contribution in [-0.2, 0) is 4.74 Å². The summed E-state index contributed by atoms with van der Waals surface area (Å²) >= 11 is 0. The Kier molecular flexibility index (Phi) is 3.98. The van der Waals surface area contributed by atoms with Crippen LogP contribution in [0, 0.1) is 5.92 Å². The highest BCUT2D eigenvalue weighted by molar-refractivity contribution is 6.72. The predicted octanol–water partition coefficient (Wildman–Crippen LogP) is 2.14. The normalized spacial score (nSPS) is 33.0. The second kappa shape index (κ2) is 5.00. The number of rotatable bonds is 5. The molecule has 3 nitrogen and oxygen atoms in total. The maximum absolute atomic E-state index is 5.63. The number of fused-ring (bicyclic) bond motifs is 1. The zero-order chi connectivity index (χ0) is 12.6. The van der Waals surface area contributed by atoms with E-state index in [1.807, 2.05) is 0 Å². The Hall–Kier alpha value is 0.0969. The summed E-state index contributed by atoms with van der Waals surface area (Å²) in [6.45, 7) is 2.48. The average molecular weight is 256 g/mol. The lowest BCUT2D eigenvalue weighted by Gasteiger charge is -2.40. The number of hydrogen-bond donors (Lipinski definition) is 0. The van der Waals surface area contributed by atoms with Gasteiger partial charge in [0.15, 0.2) is 0 Å². The Labute approximate surface area is 107 Å². The van der Waals surface area contributed by atoms with E-state index in [-0.39, 0.29) is 0 Å². The Balaban J connectivity index is 1.82. The van der Waals surface area contributed by atoms with Gasteiger partial charge in [-0.15, -0.1) is 0 Å². The number of hydrogen-bond acceptors (Lipinski definition) is 3. The van der Waals surface area contributed by atoms with E-state index in [9.17, 15) is 0 Å². The van der Waals surface area contributed by atoms with Crippen molar-refractivity contribution < 1.29 is 4.74 Å². The highest BCUT2D eigenvalue weighted by Crippen LogP contribution is 2.41. The highest BCUT2D eigenvalue weighted by atomic mass is 28.3. The third kappa shape index (κ3) is 2.92. The molecule has 1 saturated carbocycles. The topological polar surface area (TPSA) is 19.0 Å². The van der Waals surface area contributed by atoms with Gasteiger partial charge in [-0.2, -0.15) is 0 Å². The van der Waals surface area contributed by atoms with Gasteiger partial charge in [-0.1, -0.05) is 6.42 Å². The molecule has 100 valence electrons. The molecule has 1 aliphatic carbocycles. The van der Waals surface area contributed by atoms with Gasteiger partial charge < -0.3 is 13.9 Å². The summed E-state index contributed by atoms with van der Waals surface area (Å²) in [7, 11) is 7.60. The molecule has 0 N–H and O–H groups in total. The molecule has 1 heterocycles. The van der Waals surface area contributed by atoms with Crippen molar-refractivity contribution >= 4 is 8.40 Å². The van der Waals surface area contributed by atoms with Crippen LogP contribution in [0.15, 0.2) is 0 Å². The van der Waals surface area contributed by atoms with Gasteiger partial charge in [0.25, 0.3) is 0 Å². The van der Waals surface area contributed by atoms with Crippen molar-refractivity contribution in [3.05, 3.63) is 0 Å². The molecule has 1 aliphatic heterocycles. The van der Waals surface area contributed by atoms with Gasteiger partial charge in [0.1, 0.15) is 0 Å². The van der Waals surface area contributed by atoms with Crippen LogP contribution in [0.25, 0.3) is 0 Å². The molecule has 0 aromatic heterocycles. The van der Waals surface area contributed by atoms with Gasteiger partial charge in [-0.25, -0.2) is 0 Å². The smallest absolute Gasteiger partial charge is 0.202 e. The first kappa shape index (κ1) is 13.5. The lowest BCUT2D eigenvalue weighted by Crippen LogP contribution is -2.58. The van der Waals surface area contributed by atoms with Crippen LogP contribution in [-0.4, -0.2) is 57.9 Å². The van der Waals surface area contributed by atoms with Gasteiger partial charge in [0, 0.05) is 0 Å². The summed E-state index contributed by atoms with van der Waals surface area (Å²) in [5, 5.41) is 0. The Morgan fingerprint density at radius 3 is 2.24 bits per heavy atom. The van der Waals surface area contributed by atoms with Crippen LogP contribution in [0.3, 0.4) is 0 Å². The molecule has 0 bridgehead atoms. The summed E-state index contributed by atoms with van der Waals surface area (Å²) in [6, 6.07) is 1.38. The summed E-state index contributed by atoms with van der Waals surface area (Å²) in [5.41, 5.74) is 0. The minimum absolute atomic E-state index is 0.639. The van der Waals surface area contributed by atoms with Crippen LogP contribution in [0.2, 0.25) is 12.6 Å². The Morgan fingerprint density at radius 1 is 1.06 bits per heavy atom. The van der Waals surface area contributed by atoms with Crippen molar-refractivity contribution in [2.24, 2.45) is 5.92 Å². The minimum Gasteiger partial charge on any atom is -0.370 e. The molecule has 17 heavy (non-hydrogen) atoms. The summed E-state index contributed by atoms with van der Waals surface area (Å²) in [5.74, 6) is 0.922. The third-order valence-corrected chi connectivity index (χ3v) is 10.2. The predicted molar refractivity (Wildman–Crippen MR) is 74.4 cm³/mol. The van der Waals surface area contributed by atoms with Crippen molar-refractivity contribution in [2.75, 3.05) is 28.2 Å². The molecule has 4 heteroatoms. The lowest BCUT2D eigenvalue weighted by molar-refractivity contribution is 0.353. The first-order chi connectivity index (χ1) is 7.93. The van der Waals surface area contributed by atoms with E-state index in [4.69, 9.17) is 4.74 Å². The molecule has 2 aliphatic rings. The quantitative estimate of drug-likeness (QED) is 0.555. The summed E-state index contributed by atoms with van der Waals surface area (Å²) in [6.07, 6.45) is 6.73. The van der Waals surface area contributed by atoms with E-state index in [1.54, 1.807) is 0 Å². The van der Waals surface area contributed by atoms with Gasteiger partial charge in [-0.3, -0.25) is 0 Å².